The summed E-state index contributed by atoms with van der Waals surface area (Å²) in [5.74, 6) is -2.62. The van der Waals surface area contributed by atoms with Gasteiger partial charge in [-0.05, 0) is 12.8 Å². The normalized spacial score (nSPS) is 22.2. The molecular formula is C9H11FN2O5S. The van der Waals surface area contributed by atoms with Crippen LogP contribution >= 0.6 is 0 Å². The van der Waals surface area contributed by atoms with Gasteiger partial charge in [0.05, 0.1) is 11.0 Å². The van der Waals surface area contributed by atoms with Gasteiger partial charge in [-0.25, -0.2) is 13.2 Å². The van der Waals surface area contributed by atoms with Crippen LogP contribution in [0.5, 0.6) is 5.88 Å². The number of H-pyrrole nitrogens is 1. The van der Waals surface area contributed by atoms with Crippen molar-refractivity contribution >= 4 is 9.84 Å². The number of sulfone groups is 1. The molecule has 2 N–H and O–H groups in total. The lowest BCUT2D eigenvalue weighted by molar-refractivity contribution is 0.357. The quantitative estimate of drug-likeness (QED) is 0.718. The molecule has 0 saturated carbocycles. The highest BCUT2D eigenvalue weighted by Gasteiger charge is 2.32. The van der Waals surface area contributed by atoms with Crippen LogP contribution in [0.4, 0.5) is 4.39 Å². The van der Waals surface area contributed by atoms with Crippen LogP contribution in [0.15, 0.2) is 9.59 Å². The molecule has 2 rings (SSSR count). The minimum Gasteiger partial charge on any atom is -0.492 e. The number of aromatic amines is 1. The highest BCUT2D eigenvalue weighted by Crippen LogP contribution is 2.22. The molecule has 9 heteroatoms. The minimum absolute atomic E-state index is 0.0129. The molecule has 1 unspecified atom stereocenters. The molecule has 18 heavy (non-hydrogen) atoms. The van der Waals surface area contributed by atoms with Crippen LogP contribution in [-0.2, 0) is 16.4 Å². The van der Waals surface area contributed by atoms with Crippen LogP contribution in [-0.4, -0.2) is 34.1 Å². The van der Waals surface area contributed by atoms with Gasteiger partial charge in [0.2, 0.25) is 11.7 Å². The molecule has 1 aromatic rings. The molecule has 0 bridgehead atoms. The standard InChI is InChI=1S/C9H11FN2O5S/c10-6-7(13)11-9(15)12(8(6)14)4-5-2-1-3-18(5,16)17/h5,14H,1-4H2,(H,11,13,15). The molecule has 0 aliphatic carbocycles. The van der Waals surface area contributed by atoms with Crippen molar-refractivity contribution in [3.05, 3.63) is 26.7 Å². The molecule has 0 radical (unpaired) electrons. The summed E-state index contributed by atoms with van der Waals surface area (Å²) in [7, 11) is -3.33. The summed E-state index contributed by atoms with van der Waals surface area (Å²) < 4.78 is 36.8. The number of nitrogens with zero attached hydrogens (tertiary/aromatic N) is 1. The van der Waals surface area contributed by atoms with Gasteiger partial charge in [-0.3, -0.25) is 14.3 Å². The summed E-state index contributed by atoms with van der Waals surface area (Å²) in [6.45, 7) is -0.360. The molecule has 0 aromatic carbocycles. The monoisotopic (exact) mass is 278 g/mol. The molecule has 7 nitrogen and oxygen atoms in total. The predicted octanol–water partition coefficient (Wildman–Crippen LogP) is -1.04. The first-order valence-electron chi connectivity index (χ1n) is 5.26. The first-order valence-corrected chi connectivity index (χ1v) is 6.97. The third kappa shape index (κ3) is 2.05. The van der Waals surface area contributed by atoms with E-state index in [2.05, 4.69) is 0 Å². The van der Waals surface area contributed by atoms with E-state index >= 15 is 0 Å². The maximum absolute atomic E-state index is 13.1. The number of halogens is 1. The Balaban J connectivity index is 2.45. The zero-order valence-electron chi connectivity index (χ0n) is 9.22. The van der Waals surface area contributed by atoms with Crippen molar-refractivity contribution in [2.45, 2.75) is 24.6 Å². The van der Waals surface area contributed by atoms with Crippen molar-refractivity contribution in [3.63, 3.8) is 0 Å². The third-order valence-electron chi connectivity index (χ3n) is 2.97. The van der Waals surface area contributed by atoms with E-state index in [0.717, 1.165) is 0 Å². The Morgan fingerprint density at radius 1 is 1.44 bits per heavy atom. The van der Waals surface area contributed by atoms with E-state index in [9.17, 15) is 27.5 Å². The first kappa shape index (κ1) is 12.8. The highest BCUT2D eigenvalue weighted by molar-refractivity contribution is 7.92. The molecule has 1 fully saturated rings. The van der Waals surface area contributed by atoms with Crippen molar-refractivity contribution in [3.8, 4) is 5.88 Å². The topological polar surface area (TPSA) is 109 Å². The van der Waals surface area contributed by atoms with Gasteiger partial charge in [-0.2, -0.15) is 4.39 Å². The van der Waals surface area contributed by atoms with Crippen molar-refractivity contribution in [2.24, 2.45) is 0 Å². The van der Waals surface area contributed by atoms with Crippen LogP contribution in [0.1, 0.15) is 12.8 Å². The Bertz CT molecular complexity index is 690. The highest BCUT2D eigenvalue weighted by atomic mass is 32.2. The Morgan fingerprint density at radius 2 is 2.11 bits per heavy atom. The summed E-state index contributed by atoms with van der Waals surface area (Å²) in [5, 5.41) is 8.52. The van der Waals surface area contributed by atoms with Crippen molar-refractivity contribution in [1.29, 1.82) is 0 Å². The lowest BCUT2D eigenvalue weighted by atomic mass is 10.2. The van der Waals surface area contributed by atoms with Crippen LogP contribution in [0.2, 0.25) is 0 Å². The van der Waals surface area contributed by atoms with E-state index < -0.39 is 38.0 Å². The molecule has 1 aromatic heterocycles. The van der Waals surface area contributed by atoms with Gasteiger partial charge in [0.15, 0.2) is 9.84 Å². The number of aromatic hydroxyl groups is 1. The number of nitrogens with one attached hydrogen (secondary N) is 1. The van der Waals surface area contributed by atoms with Gasteiger partial charge >= 0.3 is 5.69 Å². The molecular weight excluding hydrogens is 267 g/mol. The van der Waals surface area contributed by atoms with E-state index in [0.29, 0.717) is 17.4 Å². The van der Waals surface area contributed by atoms with Crippen LogP contribution in [0.25, 0.3) is 0 Å². The zero-order valence-corrected chi connectivity index (χ0v) is 10.0. The Hall–Kier alpha value is -1.64. The lowest BCUT2D eigenvalue weighted by Gasteiger charge is -2.12. The average molecular weight is 278 g/mol. The first-order chi connectivity index (χ1) is 8.33. The van der Waals surface area contributed by atoms with Gasteiger partial charge in [0, 0.05) is 6.54 Å². The second-order valence-electron chi connectivity index (χ2n) is 4.14. The molecule has 1 atom stereocenters. The van der Waals surface area contributed by atoms with E-state index in [1.807, 2.05) is 0 Å². The zero-order chi connectivity index (χ0) is 13.5. The molecule has 2 heterocycles. The second-order valence-corrected chi connectivity index (χ2v) is 6.54. The van der Waals surface area contributed by atoms with Crippen LogP contribution in [0.3, 0.4) is 0 Å². The predicted molar refractivity (Wildman–Crippen MR) is 59.8 cm³/mol. The Labute approximate surface area is 101 Å². The van der Waals surface area contributed by atoms with E-state index in [1.165, 1.54) is 0 Å². The van der Waals surface area contributed by atoms with Crippen LogP contribution < -0.4 is 11.2 Å². The summed E-state index contributed by atoms with van der Waals surface area (Å²) >= 11 is 0. The third-order valence-corrected chi connectivity index (χ3v) is 5.22. The summed E-state index contributed by atoms with van der Waals surface area (Å²) in [6, 6.07) is 0. The van der Waals surface area contributed by atoms with Crippen molar-refractivity contribution in [1.82, 2.24) is 9.55 Å². The fraction of sp³-hybridized carbons (Fsp3) is 0.556. The maximum Gasteiger partial charge on any atom is 0.331 e. The average Bonchev–Trinajstić information content (AvgIpc) is 2.61. The molecule has 100 valence electrons. The number of hydrogen-bond donors (Lipinski definition) is 2. The minimum atomic E-state index is -3.33. The maximum atomic E-state index is 13.1. The Morgan fingerprint density at radius 3 is 2.67 bits per heavy atom. The van der Waals surface area contributed by atoms with Crippen molar-refractivity contribution < 1.29 is 17.9 Å². The summed E-state index contributed by atoms with van der Waals surface area (Å²) in [6.07, 6.45) is 0.809. The van der Waals surface area contributed by atoms with E-state index in [4.69, 9.17) is 0 Å². The van der Waals surface area contributed by atoms with Crippen molar-refractivity contribution in [2.75, 3.05) is 5.75 Å². The number of hydrogen-bond acceptors (Lipinski definition) is 5. The van der Waals surface area contributed by atoms with Gasteiger partial charge < -0.3 is 5.11 Å². The fourth-order valence-corrected chi connectivity index (χ4v) is 3.78. The molecule has 0 spiro atoms. The van der Waals surface area contributed by atoms with Crippen LogP contribution in [0, 0.1) is 5.82 Å². The number of rotatable bonds is 2. The molecule has 0 amide bonds. The van der Waals surface area contributed by atoms with Gasteiger partial charge in [0.25, 0.3) is 5.56 Å². The Kier molecular flexibility index (Phi) is 3.01. The van der Waals surface area contributed by atoms with Gasteiger partial charge in [-0.15, -0.1) is 0 Å². The van der Waals surface area contributed by atoms with E-state index in [1.54, 1.807) is 4.98 Å². The summed E-state index contributed by atoms with van der Waals surface area (Å²) in [5.41, 5.74) is -2.36. The van der Waals surface area contributed by atoms with Gasteiger partial charge in [-0.1, -0.05) is 0 Å². The number of aromatic nitrogens is 2. The van der Waals surface area contributed by atoms with Gasteiger partial charge in [0.1, 0.15) is 0 Å². The lowest BCUT2D eigenvalue weighted by Crippen LogP contribution is -2.35. The van der Waals surface area contributed by atoms with E-state index in [-0.39, 0.29) is 12.3 Å². The molecule has 1 aliphatic heterocycles. The smallest absolute Gasteiger partial charge is 0.331 e. The molecule has 1 saturated heterocycles. The summed E-state index contributed by atoms with van der Waals surface area (Å²) in [4.78, 5) is 23.9. The molecule has 1 aliphatic rings. The largest absolute Gasteiger partial charge is 0.492 e. The second kappa shape index (κ2) is 4.23. The fourth-order valence-electron chi connectivity index (χ4n) is 1.97. The SMILES string of the molecule is O=c1[nH]c(=O)n(CC2CCCS2(=O)=O)c(O)c1F.